The summed E-state index contributed by atoms with van der Waals surface area (Å²) in [5.41, 5.74) is 0.949. The van der Waals surface area contributed by atoms with Gasteiger partial charge in [0.1, 0.15) is 5.82 Å². The molecule has 5 heteroatoms. The molecule has 4 nitrogen and oxygen atoms in total. The normalized spacial score (nSPS) is 10.4. The highest BCUT2D eigenvalue weighted by molar-refractivity contribution is 5.22. The Balaban J connectivity index is 2.05. The molecule has 0 atom stereocenters. The standard InChI is InChI=1S/C11H12FN3O/c1-2-13-11-14-10(15-16-11)7-8-3-5-9(12)6-4-8/h3-6H,2,7H2,1H3,(H,13,14,15). The van der Waals surface area contributed by atoms with Crippen molar-refractivity contribution in [3.63, 3.8) is 0 Å². The van der Waals surface area contributed by atoms with Crippen molar-refractivity contribution in [2.45, 2.75) is 13.3 Å². The number of hydrogen-bond donors (Lipinski definition) is 1. The Bertz CT molecular complexity index is 453. The molecule has 0 radical (unpaired) electrons. The summed E-state index contributed by atoms with van der Waals surface area (Å²) in [6.45, 7) is 2.68. The van der Waals surface area contributed by atoms with Gasteiger partial charge >= 0.3 is 6.01 Å². The highest BCUT2D eigenvalue weighted by Gasteiger charge is 2.05. The van der Waals surface area contributed by atoms with Crippen LogP contribution >= 0.6 is 0 Å². The summed E-state index contributed by atoms with van der Waals surface area (Å²) >= 11 is 0. The first-order valence-corrected chi connectivity index (χ1v) is 5.09. The summed E-state index contributed by atoms with van der Waals surface area (Å²) in [4.78, 5) is 4.14. The molecule has 0 bridgehead atoms. The number of nitrogens with zero attached hydrogens (tertiary/aromatic N) is 2. The maximum Gasteiger partial charge on any atom is 0.321 e. The average molecular weight is 221 g/mol. The molecular weight excluding hydrogens is 209 g/mol. The minimum atomic E-state index is -0.245. The van der Waals surface area contributed by atoms with Crippen molar-refractivity contribution in [3.8, 4) is 0 Å². The number of hydrogen-bond acceptors (Lipinski definition) is 4. The Morgan fingerprint density at radius 1 is 1.31 bits per heavy atom. The van der Waals surface area contributed by atoms with Gasteiger partial charge in [0.25, 0.3) is 0 Å². The molecule has 0 unspecified atom stereocenters. The van der Waals surface area contributed by atoms with E-state index in [9.17, 15) is 4.39 Å². The van der Waals surface area contributed by atoms with Crippen molar-refractivity contribution in [3.05, 3.63) is 41.5 Å². The van der Waals surface area contributed by atoms with Crippen LogP contribution in [0.25, 0.3) is 0 Å². The largest absolute Gasteiger partial charge is 0.338 e. The Morgan fingerprint density at radius 2 is 2.06 bits per heavy atom. The third-order valence-electron chi connectivity index (χ3n) is 2.07. The Morgan fingerprint density at radius 3 is 2.75 bits per heavy atom. The highest BCUT2D eigenvalue weighted by Crippen LogP contribution is 2.09. The molecule has 0 fully saturated rings. The van der Waals surface area contributed by atoms with E-state index in [4.69, 9.17) is 4.52 Å². The number of nitrogens with one attached hydrogen (secondary N) is 1. The van der Waals surface area contributed by atoms with Crippen LogP contribution in [-0.2, 0) is 6.42 Å². The molecule has 0 aliphatic heterocycles. The average Bonchev–Trinajstić information content (AvgIpc) is 2.70. The molecule has 0 aliphatic rings. The van der Waals surface area contributed by atoms with Crippen LogP contribution in [0.2, 0.25) is 0 Å². The summed E-state index contributed by atoms with van der Waals surface area (Å²) in [6, 6.07) is 6.66. The molecule has 1 heterocycles. The fourth-order valence-electron chi connectivity index (χ4n) is 1.33. The fraction of sp³-hybridized carbons (Fsp3) is 0.273. The summed E-state index contributed by atoms with van der Waals surface area (Å²) < 4.78 is 17.6. The van der Waals surface area contributed by atoms with Crippen LogP contribution in [0, 0.1) is 5.82 Å². The first-order valence-electron chi connectivity index (χ1n) is 5.09. The van der Waals surface area contributed by atoms with Crippen LogP contribution in [0.15, 0.2) is 28.8 Å². The Labute approximate surface area is 92.5 Å². The molecule has 1 aromatic heterocycles. The number of halogens is 1. The van der Waals surface area contributed by atoms with Gasteiger partial charge in [0.15, 0.2) is 5.82 Å². The predicted molar refractivity (Wildman–Crippen MR) is 57.7 cm³/mol. The number of rotatable bonds is 4. The molecule has 0 aliphatic carbocycles. The van der Waals surface area contributed by atoms with Crippen molar-refractivity contribution >= 4 is 6.01 Å². The number of anilines is 1. The van der Waals surface area contributed by atoms with Gasteiger partial charge in [0.05, 0.1) is 0 Å². The van der Waals surface area contributed by atoms with Gasteiger partial charge in [-0.2, -0.15) is 4.98 Å². The lowest BCUT2D eigenvalue weighted by atomic mass is 10.1. The van der Waals surface area contributed by atoms with Crippen LogP contribution in [0.5, 0.6) is 0 Å². The minimum absolute atomic E-state index is 0.245. The van der Waals surface area contributed by atoms with Gasteiger partial charge in [-0.25, -0.2) is 4.39 Å². The molecule has 0 spiro atoms. The van der Waals surface area contributed by atoms with Gasteiger partial charge in [-0.1, -0.05) is 17.3 Å². The molecule has 1 aromatic carbocycles. The molecule has 84 valence electrons. The van der Waals surface area contributed by atoms with Crippen molar-refractivity contribution in [1.29, 1.82) is 0 Å². The van der Waals surface area contributed by atoms with Gasteiger partial charge in [0, 0.05) is 13.0 Å². The van der Waals surface area contributed by atoms with E-state index in [1.807, 2.05) is 6.92 Å². The van der Waals surface area contributed by atoms with Crippen LogP contribution in [-0.4, -0.2) is 16.7 Å². The molecule has 0 saturated carbocycles. The number of aromatic nitrogens is 2. The van der Waals surface area contributed by atoms with E-state index in [1.165, 1.54) is 12.1 Å². The molecule has 0 saturated heterocycles. The van der Waals surface area contributed by atoms with Crippen molar-refractivity contribution in [2.24, 2.45) is 0 Å². The van der Waals surface area contributed by atoms with E-state index < -0.39 is 0 Å². The van der Waals surface area contributed by atoms with E-state index in [-0.39, 0.29) is 5.82 Å². The van der Waals surface area contributed by atoms with Crippen LogP contribution in [0.3, 0.4) is 0 Å². The summed E-state index contributed by atoms with van der Waals surface area (Å²) in [7, 11) is 0. The van der Waals surface area contributed by atoms with Crippen LogP contribution < -0.4 is 5.32 Å². The van der Waals surface area contributed by atoms with Crippen molar-refractivity contribution in [1.82, 2.24) is 10.1 Å². The molecule has 1 N–H and O–H groups in total. The first-order chi connectivity index (χ1) is 7.78. The zero-order valence-corrected chi connectivity index (χ0v) is 8.90. The first kappa shape index (κ1) is 10.6. The molecule has 2 aromatic rings. The lowest BCUT2D eigenvalue weighted by Crippen LogP contribution is -1.97. The lowest BCUT2D eigenvalue weighted by Gasteiger charge is -1.95. The molecular formula is C11H12FN3O. The summed E-state index contributed by atoms with van der Waals surface area (Å²) in [6.07, 6.45) is 0.537. The molecule has 16 heavy (non-hydrogen) atoms. The minimum Gasteiger partial charge on any atom is -0.338 e. The second-order valence-electron chi connectivity index (χ2n) is 3.35. The van der Waals surface area contributed by atoms with Crippen LogP contribution in [0.1, 0.15) is 18.3 Å². The van der Waals surface area contributed by atoms with Gasteiger partial charge in [-0.15, -0.1) is 0 Å². The summed E-state index contributed by atoms with van der Waals surface area (Å²) in [5, 5.41) is 6.73. The monoisotopic (exact) mass is 221 g/mol. The molecule has 2 rings (SSSR count). The van der Waals surface area contributed by atoms with Crippen molar-refractivity contribution in [2.75, 3.05) is 11.9 Å². The van der Waals surface area contributed by atoms with E-state index in [2.05, 4.69) is 15.5 Å². The smallest absolute Gasteiger partial charge is 0.321 e. The topological polar surface area (TPSA) is 51.0 Å². The number of benzene rings is 1. The van der Waals surface area contributed by atoms with Gasteiger partial charge < -0.3 is 9.84 Å². The fourth-order valence-corrected chi connectivity index (χ4v) is 1.33. The maximum absolute atomic E-state index is 12.7. The van der Waals surface area contributed by atoms with E-state index >= 15 is 0 Å². The summed E-state index contributed by atoms with van der Waals surface area (Å²) in [5.74, 6) is 0.341. The maximum atomic E-state index is 12.7. The third kappa shape index (κ3) is 2.56. The Hall–Kier alpha value is -1.91. The third-order valence-corrected chi connectivity index (χ3v) is 2.07. The van der Waals surface area contributed by atoms with E-state index in [1.54, 1.807) is 12.1 Å². The van der Waals surface area contributed by atoms with E-state index in [0.29, 0.717) is 18.3 Å². The zero-order valence-electron chi connectivity index (χ0n) is 8.90. The lowest BCUT2D eigenvalue weighted by molar-refractivity contribution is 0.424. The van der Waals surface area contributed by atoms with Gasteiger partial charge in [-0.3, -0.25) is 0 Å². The Kier molecular flexibility index (Phi) is 3.14. The van der Waals surface area contributed by atoms with Crippen LogP contribution in [0.4, 0.5) is 10.4 Å². The highest BCUT2D eigenvalue weighted by atomic mass is 19.1. The predicted octanol–water partition coefficient (Wildman–Crippen LogP) is 2.23. The van der Waals surface area contributed by atoms with E-state index in [0.717, 1.165) is 12.1 Å². The quantitative estimate of drug-likeness (QED) is 0.860. The van der Waals surface area contributed by atoms with Crippen molar-refractivity contribution < 1.29 is 8.91 Å². The molecule has 0 amide bonds. The van der Waals surface area contributed by atoms with Gasteiger partial charge in [-0.05, 0) is 24.6 Å². The SMILES string of the molecule is CCNc1nc(Cc2ccc(F)cc2)no1. The second-order valence-corrected chi connectivity index (χ2v) is 3.35. The second kappa shape index (κ2) is 4.74. The van der Waals surface area contributed by atoms with Gasteiger partial charge in [0.2, 0.25) is 0 Å². The zero-order chi connectivity index (χ0) is 11.4.